The molecule has 0 atom stereocenters. The Morgan fingerprint density at radius 1 is 1.53 bits per heavy atom. The third kappa shape index (κ3) is 4.61. The SMILES string of the molecule is Brc1cnn2ccncc12.O=C([O-])O.[Na+]. The van der Waals surface area contributed by atoms with E-state index in [0.29, 0.717) is 0 Å². The van der Waals surface area contributed by atoms with Gasteiger partial charge in [0, 0.05) is 12.4 Å². The van der Waals surface area contributed by atoms with E-state index in [0.717, 1.165) is 9.99 Å². The molecule has 0 amide bonds. The van der Waals surface area contributed by atoms with Crippen LogP contribution in [-0.4, -0.2) is 25.9 Å². The fourth-order valence-corrected chi connectivity index (χ4v) is 1.18. The molecule has 0 saturated carbocycles. The number of hydrogen-bond acceptors (Lipinski definition) is 4. The molecule has 8 heteroatoms. The molecule has 2 heterocycles. The van der Waals surface area contributed by atoms with Crippen LogP contribution in [0, 0.1) is 0 Å². The number of fused-ring (bicyclic) bond motifs is 1. The zero-order valence-corrected chi connectivity index (χ0v) is 11.4. The van der Waals surface area contributed by atoms with Gasteiger partial charge in [0.1, 0.15) is 0 Å². The maximum Gasteiger partial charge on any atom is 1.00 e. The predicted molar refractivity (Wildman–Crippen MR) is 48.7 cm³/mol. The van der Waals surface area contributed by atoms with Gasteiger partial charge in [0.25, 0.3) is 0 Å². The van der Waals surface area contributed by atoms with Gasteiger partial charge in [-0.25, -0.2) is 4.52 Å². The van der Waals surface area contributed by atoms with Crippen LogP contribution in [0.2, 0.25) is 0 Å². The van der Waals surface area contributed by atoms with Crippen LogP contribution >= 0.6 is 15.9 Å². The Morgan fingerprint density at radius 3 is 2.67 bits per heavy atom. The first-order valence-corrected chi connectivity index (χ1v) is 4.23. The smallest absolute Gasteiger partial charge is 0.565 e. The molecule has 0 aliphatic rings. The number of carboxylic acid groups (broad SMARTS) is 2. The molecule has 6 nitrogen and oxygen atoms in total. The van der Waals surface area contributed by atoms with Gasteiger partial charge in [0.05, 0.1) is 22.4 Å². The van der Waals surface area contributed by atoms with Crippen molar-refractivity contribution in [3.63, 3.8) is 0 Å². The van der Waals surface area contributed by atoms with Crippen molar-refractivity contribution < 1.29 is 44.6 Å². The zero-order valence-electron chi connectivity index (χ0n) is 7.79. The van der Waals surface area contributed by atoms with Crippen LogP contribution in [0.15, 0.2) is 29.3 Å². The van der Waals surface area contributed by atoms with Crippen molar-refractivity contribution in [1.29, 1.82) is 0 Å². The largest absolute Gasteiger partial charge is 1.00 e. The summed E-state index contributed by atoms with van der Waals surface area (Å²) in [6.45, 7) is 0. The number of hydrogen-bond donors (Lipinski definition) is 1. The molecular formula is C7H5BrN3NaO3. The molecule has 0 spiro atoms. The molecule has 15 heavy (non-hydrogen) atoms. The molecule has 0 saturated heterocycles. The molecule has 0 radical (unpaired) electrons. The minimum Gasteiger partial charge on any atom is -0.565 e. The molecule has 2 aromatic rings. The third-order valence-corrected chi connectivity index (χ3v) is 1.89. The van der Waals surface area contributed by atoms with Crippen molar-refractivity contribution >= 4 is 27.6 Å². The summed E-state index contributed by atoms with van der Waals surface area (Å²) in [7, 11) is 0. The first-order chi connectivity index (χ1) is 6.61. The van der Waals surface area contributed by atoms with Gasteiger partial charge in [-0.2, -0.15) is 5.10 Å². The molecule has 1 N–H and O–H groups in total. The normalized spacial score (nSPS) is 8.60. The summed E-state index contributed by atoms with van der Waals surface area (Å²) in [5, 5.41) is 19.4. The van der Waals surface area contributed by atoms with Crippen LogP contribution in [0.1, 0.15) is 0 Å². The van der Waals surface area contributed by atoms with Gasteiger partial charge in [-0.1, -0.05) is 0 Å². The topological polar surface area (TPSA) is 90.6 Å². The third-order valence-electron chi connectivity index (χ3n) is 1.28. The maximum atomic E-state index is 8.44. The van der Waals surface area contributed by atoms with Gasteiger partial charge in [-0.05, 0) is 15.9 Å². The molecule has 2 rings (SSSR count). The first kappa shape index (κ1) is 14.4. The monoisotopic (exact) mass is 281 g/mol. The van der Waals surface area contributed by atoms with Crippen molar-refractivity contribution in [3.05, 3.63) is 29.3 Å². The predicted octanol–water partition coefficient (Wildman–Crippen LogP) is -2.62. The van der Waals surface area contributed by atoms with E-state index in [4.69, 9.17) is 15.0 Å². The second kappa shape index (κ2) is 6.78. The van der Waals surface area contributed by atoms with Crippen molar-refractivity contribution in [2.75, 3.05) is 0 Å². The molecule has 0 fully saturated rings. The second-order valence-electron chi connectivity index (χ2n) is 2.16. The Bertz CT molecular complexity index is 444. The fourth-order valence-electron chi connectivity index (χ4n) is 0.806. The average Bonchev–Trinajstić information content (AvgIpc) is 2.48. The molecule has 74 valence electrons. The Hall–Kier alpha value is -0.630. The number of rotatable bonds is 0. The first-order valence-electron chi connectivity index (χ1n) is 3.44. The van der Waals surface area contributed by atoms with Gasteiger partial charge in [-0.3, -0.25) is 4.98 Å². The summed E-state index contributed by atoms with van der Waals surface area (Å²) in [6, 6.07) is 0. The summed E-state index contributed by atoms with van der Waals surface area (Å²) in [6.07, 6.45) is 4.93. The van der Waals surface area contributed by atoms with E-state index in [9.17, 15) is 0 Å². The minimum atomic E-state index is -2.08. The summed E-state index contributed by atoms with van der Waals surface area (Å²) in [5.74, 6) is 0. The Labute approximate surface area is 115 Å². The van der Waals surface area contributed by atoms with Gasteiger partial charge in [0.2, 0.25) is 6.16 Å². The summed E-state index contributed by atoms with van der Waals surface area (Å²) < 4.78 is 2.73. The quantitative estimate of drug-likeness (QED) is 0.534. The van der Waals surface area contributed by atoms with Crippen molar-refractivity contribution in [2.45, 2.75) is 0 Å². The standard InChI is InChI=1S/C6H4BrN3.CH2O3.Na/c7-5-3-9-10-2-1-8-4-6(5)10;2-1(3)4;/h1-4H;(H2,2,3,4);/q;;+1/p-1. The van der Waals surface area contributed by atoms with Crippen LogP contribution < -0.4 is 34.7 Å². The van der Waals surface area contributed by atoms with E-state index in [1.54, 1.807) is 29.3 Å². The Kier molecular flexibility index (Phi) is 6.50. The van der Waals surface area contributed by atoms with Gasteiger partial charge < -0.3 is 15.0 Å². The van der Waals surface area contributed by atoms with E-state index < -0.39 is 6.16 Å². The van der Waals surface area contributed by atoms with Crippen LogP contribution in [0.4, 0.5) is 4.79 Å². The number of aromatic nitrogens is 3. The van der Waals surface area contributed by atoms with Gasteiger partial charge in [-0.15, -0.1) is 0 Å². The van der Waals surface area contributed by atoms with Crippen molar-refractivity contribution in [1.82, 2.24) is 14.6 Å². The summed E-state index contributed by atoms with van der Waals surface area (Å²) in [4.78, 5) is 12.4. The van der Waals surface area contributed by atoms with Gasteiger partial charge >= 0.3 is 29.6 Å². The van der Waals surface area contributed by atoms with Crippen molar-refractivity contribution in [2.24, 2.45) is 0 Å². The summed E-state index contributed by atoms with van der Waals surface area (Å²) in [5.41, 5.74) is 0.988. The number of nitrogens with zero attached hydrogens (tertiary/aromatic N) is 3. The molecular weight excluding hydrogens is 277 g/mol. The van der Waals surface area contributed by atoms with E-state index in [1.807, 2.05) is 0 Å². The van der Waals surface area contributed by atoms with Crippen LogP contribution in [-0.2, 0) is 0 Å². The Balaban J connectivity index is 0.000000346. The van der Waals surface area contributed by atoms with E-state index >= 15 is 0 Å². The number of halogens is 1. The fraction of sp³-hybridized carbons (Fsp3) is 0. The molecule has 0 aliphatic carbocycles. The van der Waals surface area contributed by atoms with Gasteiger partial charge in [0.15, 0.2) is 0 Å². The van der Waals surface area contributed by atoms with Crippen LogP contribution in [0.25, 0.3) is 5.52 Å². The van der Waals surface area contributed by atoms with Crippen LogP contribution in [0.3, 0.4) is 0 Å². The Morgan fingerprint density at radius 2 is 2.13 bits per heavy atom. The van der Waals surface area contributed by atoms with E-state index in [2.05, 4.69) is 26.0 Å². The maximum absolute atomic E-state index is 8.44. The molecule has 0 aromatic carbocycles. The second-order valence-corrected chi connectivity index (χ2v) is 3.02. The summed E-state index contributed by atoms with van der Waals surface area (Å²) >= 11 is 3.34. The van der Waals surface area contributed by atoms with E-state index in [1.165, 1.54) is 0 Å². The molecule has 2 aromatic heterocycles. The van der Waals surface area contributed by atoms with Crippen LogP contribution in [0.5, 0.6) is 0 Å². The minimum absolute atomic E-state index is 0. The number of carbonyl (C=O) groups is 1. The zero-order chi connectivity index (χ0) is 10.6. The van der Waals surface area contributed by atoms with Crippen molar-refractivity contribution in [3.8, 4) is 0 Å². The van der Waals surface area contributed by atoms with E-state index in [-0.39, 0.29) is 29.6 Å². The molecule has 0 aliphatic heterocycles. The average molecular weight is 282 g/mol. The molecule has 0 bridgehead atoms. The molecule has 0 unspecified atom stereocenters.